The minimum atomic E-state index is -4.25. The highest BCUT2D eigenvalue weighted by atomic mass is 32.2. The Kier molecular flexibility index (Phi) is 6.44. The van der Waals surface area contributed by atoms with Crippen molar-refractivity contribution in [1.29, 1.82) is 0 Å². The lowest BCUT2D eigenvalue weighted by Crippen LogP contribution is -2.05. The van der Waals surface area contributed by atoms with Crippen LogP contribution in [0.5, 0.6) is 0 Å². The summed E-state index contributed by atoms with van der Waals surface area (Å²) >= 11 is 0. The van der Waals surface area contributed by atoms with E-state index in [9.17, 15) is 17.4 Å². The van der Waals surface area contributed by atoms with Gasteiger partial charge in [-0.05, 0) is 98.5 Å². The second-order valence-corrected chi connectivity index (χ2v) is 9.40. The summed E-state index contributed by atoms with van der Waals surface area (Å²) in [5.74, 6) is -0.220. The van der Waals surface area contributed by atoms with Crippen LogP contribution in [0.1, 0.15) is 39.8 Å². The number of benzene rings is 3. The molecule has 0 unspecified atom stereocenters. The van der Waals surface area contributed by atoms with E-state index < -0.39 is 10.1 Å². The predicted octanol–water partition coefficient (Wildman–Crippen LogP) is 6.15. The molecule has 0 aromatic heterocycles. The highest BCUT2D eigenvalue weighted by Gasteiger charge is 2.16. The van der Waals surface area contributed by atoms with Crippen molar-refractivity contribution >= 4 is 10.1 Å². The Balaban J connectivity index is 1.92. The molecule has 30 heavy (non-hydrogen) atoms. The molecule has 158 valence electrons. The van der Waals surface area contributed by atoms with E-state index >= 15 is 0 Å². The van der Waals surface area contributed by atoms with Crippen LogP contribution in [0.4, 0.5) is 4.39 Å². The van der Waals surface area contributed by atoms with Crippen LogP contribution in [0, 0.1) is 33.5 Å². The van der Waals surface area contributed by atoms with Gasteiger partial charge >= 0.3 is 0 Å². The van der Waals surface area contributed by atoms with Gasteiger partial charge in [0.2, 0.25) is 0 Å². The number of rotatable bonds is 6. The van der Waals surface area contributed by atoms with Gasteiger partial charge in [-0.1, -0.05) is 41.5 Å². The van der Waals surface area contributed by atoms with E-state index in [1.807, 2.05) is 26.0 Å². The van der Waals surface area contributed by atoms with Gasteiger partial charge in [0.1, 0.15) is 5.82 Å². The summed E-state index contributed by atoms with van der Waals surface area (Å²) in [4.78, 5) is -0.0249. The summed E-state index contributed by atoms with van der Waals surface area (Å²) in [5, 5.41) is 0. The number of hydrogen-bond donors (Lipinski definition) is 1. The molecule has 0 amide bonds. The van der Waals surface area contributed by atoms with E-state index in [1.54, 1.807) is 19.1 Å². The van der Waals surface area contributed by atoms with E-state index in [0.29, 0.717) is 17.5 Å². The lowest BCUT2D eigenvalue weighted by Gasteiger charge is -2.16. The molecule has 0 atom stereocenters. The third-order valence-corrected chi connectivity index (χ3v) is 6.41. The van der Waals surface area contributed by atoms with Gasteiger partial charge in [-0.15, -0.1) is 0 Å². The fourth-order valence-corrected chi connectivity index (χ4v) is 4.74. The summed E-state index contributed by atoms with van der Waals surface area (Å²) in [6.45, 7) is 7.77. The van der Waals surface area contributed by atoms with Gasteiger partial charge in [-0.2, -0.15) is 8.42 Å². The summed E-state index contributed by atoms with van der Waals surface area (Å²) in [6, 6.07) is 14.4. The van der Waals surface area contributed by atoms with Crippen LogP contribution in [0.2, 0.25) is 0 Å². The summed E-state index contributed by atoms with van der Waals surface area (Å²) < 4.78 is 46.7. The molecule has 0 bridgehead atoms. The van der Waals surface area contributed by atoms with Crippen LogP contribution in [-0.2, 0) is 23.0 Å². The van der Waals surface area contributed by atoms with Gasteiger partial charge in [0, 0.05) is 0 Å². The SMILES string of the molecule is Cc1ccc(S(=O)(=O)O)c(CCCc2c(C)cc(C)cc2-c2ccc(F)c(C)c2)c1. The van der Waals surface area contributed by atoms with Crippen LogP contribution in [-0.4, -0.2) is 13.0 Å². The van der Waals surface area contributed by atoms with Crippen molar-refractivity contribution in [3.63, 3.8) is 0 Å². The highest BCUT2D eigenvalue weighted by Crippen LogP contribution is 2.31. The molecule has 0 aliphatic rings. The molecular formula is C25H27FO3S. The molecule has 3 aromatic carbocycles. The van der Waals surface area contributed by atoms with Gasteiger partial charge in [0.05, 0.1) is 4.90 Å². The number of hydrogen-bond acceptors (Lipinski definition) is 2. The smallest absolute Gasteiger partial charge is 0.282 e. The Morgan fingerprint density at radius 1 is 0.833 bits per heavy atom. The third kappa shape index (κ3) is 4.97. The fraction of sp³-hybridized carbons (Fsp3) is 0.280. The lowest BCUT2D eigenvalue weighted by atomic mass is 9.89. The molecule has 0 aliphatic carbocycles. The van der Waals surface area contributed by atoms with E-state index in [4.69, 9.17) is 0 Å². The molecule has 3 aromatic rings. The van der Waals surface area contributed by atoms with Crippen LogP contribution >= 0.6 is 0 Å². The van der Waals surface area contributed by atoms with E-state index in [0.717, 1.165) is 40.7 Å². The first-order valence-corrected chi connectivity index (χ1v) is 11.4. The molecule has 3 nitrogen and oxygen atoms in total. The topological polar surface area (TPSA) is 54.4 Å². The van der Waals surface area contributed by atoms with Crippen molar-refractivity contribution in [2.24, 2.45) is 0 Å². The van der Waals surface area contributed by atoms with Crippen LogP contribution in [0.15, 0.2) is 53.4 Å². The van der Waals surface area contributed by atoms with E-state index in [1.165, 1.54) is 17.7 Å². The Bertz CT molecular complexity index is 1200. The monoisotopic (exact) mass is 426 g/mol. The normalized spacial score (nSPS) is 11.7. The number of aryl methyl sites for hydroxylation is 5. The standard InChI is InChI=1S/C25H27FO3S/c1-16-8-11-25(30(27,28)29)21(13-16)6-5-7-22-18(3)12-17(2)14-23(22)20-9-10-24(26)19(4)15-20/h8-15H,5-7H2,1-4H3,(H,27,28,29). The molecule has 0 fully saturated rings. The lowest BCUT2D eigenvalue weighted by molar-refractivity contribution is 0.482. The Hall–Kier alpha value is -2.50. The Labute approximate surface area is 178 Å². The third-order valence-electron chi connectivity index (χ3n) is 5.45. The van der Waals surface area contributed by atoms with Crippen molar-refractivity contribution in [2.45, 2.75) is 51.9 Å². The highest BCUT2D eigenvalue weighted by molar-refractivity contribution is 7.85. The van der Waals surface area contributed by atoms with Gasteiger partial charge in [0.15, 0.2) is 0 Å². The average Bonchev–Trinajstić information content (AvgIpc) is 2.64. The summed E-state index contributed by atoms with van der Waals surface area (Å²) in [6.07, 6.45) is 2.01. The van der Waals surface area contributed by atoms with Gasteiger partial charge in [-0.25, -0.2) is 4.39 Å². The first-order chi connectivity index (χ1) is 14.1. The van der Waals surface area contributed by atoms with Gasteiger partial charge in [-0.3, -0.25) is 4.55 Å². The van der Waals surface area contributed by atoms with Gasteiger partial charge < -0.3 is 0 Å². The first-order valence-electron chi connectivity index (χ1n) is 10.00. The molecule has 3 rings (SSSR count). The summed E-state index contributed by atoms with van der Waals surface area (Å²) in [7, 11) is -4.25. The maximum atomic E-state index is 13.8. The Morgan fingerprint density at radius 3 is 2.23 bits per heavy atom. The predicted molar refractivity (Wildman–Crippen MR) is 119 cm³/mol. The largest absolute Gasteiger partial charge is 0.294 e. The molecule has 0 spiro atoms. The van der Waals surface area contributed by atoms with Crippen molar-refractivity contribution < 1.29 is 17.4 Å². The zero-order valence-corrected chi connectivity index (χ0v) is 18.6. The van der Waals surface area contributed by atoms with E-state index in [2.05, 4.69) is 19.1 Å². The maximum Gasteiger partial charge on any atom is 0.294 e. The molecule has 0 aliphatic heterocycles. The second kappa shape index (κ2) is 8.70. The molecule has 5 heteroatoms. The number of halogens is 1. The molecule has 0 saturated heterocycles. The summed E-state index contributed by atoms with van der Waals surface area (Å²) in [5.41, 5.74) is 7.71. The minimum absolute atomic E-state index is 0.0249. The maximum absolute atomic E-state index is 13.8. The fourth-order valence-electron chi connectivity index (χ4n) is 4.01. The quantitative estimate of drug-likeness (QED) is 0.481. The Morgan fingerprint density at radius 2 is 1.57 bits per heavy atom. The molecule has 1 N–H and O–H groups in total. The van der Waals surface area contributed by atoms with Crippen LogP contribution in [0.25, 0.3) is 11.1 Å². The molecule has 0 saturated carbocycles. The van der Waals surface area contributed by atoms with Crippen molar-refractivity contribution in [2.75, 3.05) is 0 Å². The van der Waals surface area contributed by atoms with Crippen molar-refractivity contribution in [3.05, 3.63) is 87.7 Å². The minimum Gasteiger partial charge on any atom is -0.282 e. The molecule has 0 radical (unpaired) electrons. The molecule has 0 heterocycles. The second-order valence-electron chi connectivity index (χ2n) is 8.01. The van der Waals surface area contributed by atoms with Crippen molar-refractivity contribution in [3.8, 4) is 11.1 Å². The van der Waals surface area contributed by atoms with Gasteiger partial charge in [0.25, 0.3) is 10.1 Å². The zero-order valence-electron chi connectivity index (χ0n) is 17.8. The van der Waals surface area contributed by atoms with Crippen LogP contribution < -0.4 is 0 Å². The average molecular weight is 427 g/mol. The first kappa shape index (κ1) is 22.2. The zero-order chi connectivity index (χ0) is 22.1. The van der Waals surface area contributed by atoms with Crippen molar-refractivity contribution in [1.82, 2.24) is 0 Å². The molecular weight excluding hydrogens is 399 g/mol. The van der Waals surface area contributed by atoms with E-state index in [-0.39, 0.29) is 10.7 Å². The van der Waals surface area contributed by atoms with Crippen LogP contribution in [0.3, 0.4) is 0 Å².